The van der Waals surface area contributed by atoms with Crippen LogP contribution in [0.1, 0.15) is 31.7 Å². The van der Waals surface area contributed by atoms with Gasteiger partial charge in [0.2, 0.25) is 0 Å². The smallest absolute Gasteiger partial charge is 0.320 e. The molecule has 1 aromatic heterocycles. The molecule has 0 aliphatic rings. The van der Waals surface area contributed by atoms with Gasteiger partial charge in [-0.15, -0.1) is 11.3 Å². The van der Waals surface area contributed by atoms with E-state index in [1.165, 1.54) is 15.6 Å². The van der Waals surface area contributed by atoms with Crippen LogP contribution in [-0.4, -0.2) is 17.1 Å². The van der Waals surface area contributed by atoms with Crippen molar-refractivity contribution in [3.63, 3.8) is 0 Å². The van der Waals surface area contributed by atoms with Gasteiger partial charge >= 0.3 is 5.97 Å². The van der Waals surface area contributed by atoms with Gasteiger partial charge in [0.05, 0.1) is 0 Å². The Morgan fingerprint density at radius 1 is 1.42 bits per heavy atom. The minimum absolute atomic E-state index is 0.446. The van der Waals surface area contributed by atoms with Crippen molar-refractivity contribution < 1.29 is 9.90 Å². The molecule has 0 saturated carbocycles. The Labute approximate surface area is 117 Å². The predicted octanol–water partition coefficient (Wildman–Crippen LogP) is 3.63. The van der Waals surface area contributed by atoms with Gasteiger partial charge in [-0.25, -0.2) is 0 Å². The van der Waals surface area contributed by atoms with E-state index in [4.69, 9.17) is 0 Å². The summed E-state index contributed by atoms with van der Waals surface area (Å²) in [5, 5.41) is 15.7. The molecule has 4 heteroatoms. The highest BCUT2D eigenvalue weighted by atomic mass is 32.1. The zero-order chi connectivity index (χ0) is 13.7. The summed E-state index contributed by atoms with van der Waals surface area (Å²) in [5.41, 5.74) is 1.18. The van der Waals surface area contributed by atoms with Gasteiger partial charge in [0.15, 0.2) is 0 Å². The highest BCUT2D eigenvalue weighted by molar-refractivity contribution is 7.17. The number of carboxylic acid groups (broad SMARTS) is 1. The minimum atomic E-state index is -0.756. The van der Waals surface area contributed by atoms with E-state index in [1.807, 2.05) is 12.1 Å². The molecule has 0 unspecified atom stereocenters. The van der Waals surface area contributed by atoms with Gasteiger partial charge in [-0.1, -0.05) is 38.0 Å². The molecule has 0 saturated heterocycles. The van der Waals surface area contributed by atoms with Crippen LogP contribution in [0.2, 0.25) is 0 Å². The molecule has 102 valence electrons. The van der Waals surface area contributed by atoms with Crippen LogP contribution in [0, 0.1) is 0 Å². The van der Waals surface area contributed by atoms with Crippen molar-refractivity contribution in [2.24, 2.45) is 0 Å². The Morgan fingerprint density at radius 2 is 2.21 bits per heavy atom. The fourth-order valence-corrected chi connectivity index (χ4v) is 3.09. The Balaban J connectivity index is 2.02. The lowest BCUT2D eigenvalue weighted by atomic mass is 10.1. The number of carboxylic acids is 1. The quantitative estimate of drug-likeness (QED) is 0.812. The molecular formula is C15H19NO2S. The van der Waals surface area contributed by atoms with Crippen molar-refractivity contribution in [1.82, 2.24) is 5.32 Å². The number of hydrogen-bond acceptors (Lipinski definition) is 3. The number of nitrogens with one attached hydrogen (secondary N) is 1. The van der Waals surface area contributed by atoms with Crippen molar-refractivity contribution in [3.8, 4) is 0 Å². The fourth-order valence-electron chi connectivity index (χ4n) is 2.12. The van der Waals surface area contributed by atoms with Crippen LogP contribution >= 0.6 is 11.3 Å². The second-order valence-corrected chi connectivity index (χ2v) is 5.58. The van der Waals surface area contributed by atoms with Gasteiger partial charge in [0.25, 0.3) is 0 Å². The summed E-state index contributed by atoms with van der Waals surface area (Å²) in [6.45, 7) is 2.69. The number of thiophene rings is 1. The maximum atomic E-state index is 11.2. The van der Waals surface area contributed by atoms with Crippen LogP contribution in [0.5, 0.6) is 0 Å². The van der Waals surface area contributed by atoms with E-state index < -0.39 is 12.0 Å². The van der Waals surface area contributed by atoms with Crippen molar-refractivity contribution in [1.29, 1.82) is 0 Å². The van der Waals surface area contributed by atoms with E-state index in [1.54, 1.807) is 11.3 Å². The lowest BCUT2D eigenvalue weighted by Gasteiger charge is -2.13. The van der Waals surface area contributed by atoms with E-state index in [-0.39, 0.29) is 0 Å². The molecule has 1 aromatic carbocycles. The van der Waals surface area contributed by atoms with Crippen molar-refractivity contribution in [2.45, 2.75) is 38.8 Å². The summed E-state index contributed by atoms with van der Waals surface area (Å²) in [5.74, 6) is -0.756. The third-order valence-electron chi connectivity index (χ3n) is 3.24. The Kier molecular flexibility index (Phi) is 4.93. The molecule has 0 fully saturated rings. The number of carbonyl (C=O) groups is 1. The van der Waals surface area contributed by atoms with Gasteiger partial charge in [-0.2, -0.15) is 0 Å². The Hall–Kier alpha value is -1.39. The van der Waals surface area contributed by atoms with Gasteiger partial charge in [0, 0.05) is 11.2 Å². The van der Waals surface area contributed by atoms with E-state index in [0.29, 0.717) is 13.0 Å². The summed E-state index contributed by atoms with van der Waals surface area (Å²) in [4.78, 5) is 11.2. The number of unbranched alkanes of at least 4 members (excludes halogenated alkanes) is 1. The average molecular weight is 277 g/mol. The fraction of sp³-hybridized carbons (Fsp3) is 0.400. The van der Waals surface area contributed by atoms with Crippen molar-refractivity contribution in [3.05, 3.63) is 35.2 Å². The number of hydrogen-bond donors (Lipinski definition) is 2. The molecule has 0 aliphatic heterocycles. The molecule has 0 bridgehead atoms. The van der Waals surface area contributed by atoms with Gasteiger partial charge in [-0.05, 0) is 28.8 Å². The first kappa shape index (κ1) is 14.0. The zero-order valence-corrected chi connectivity index (χ0v) is 11.9. The normalized spacial score (nSPS) is 12.7. The van der Waals surface area contributed by atoms with Crippen LogP contribution in [-0.2, 0) is 11.3 Å². The summed E-state index contributed by atoms with van der Waals surface area (Å²) in [6.07, 6.45) is 2.65. The van der Waals surface area contributed by atoms with Gasteiger partial charge in [0.1, 0.15) is 6.04 Å². The predicted molar refractivity (Wildman–Crippen MR) is 79.6 cm³/mol. The van der Waals surface area contributed by atoms with E-state index in [2.05, 4.69) is 29.8 Å². The molecule has 3 nitrogen and oxygen atoms in total. The topological polar surface area (TPSA) is 49.3 Å². The molecule has 2 rings (SSSR count). The maximum absolute atomic E-state index is 11.2. The number of fused-ring (bicyclic) bond motifs is 1. The molecule has 0 radical (unpaired) electrons. The highest BCUT2D eigenvalue weighted by Gasteiger charge is 2.16. The zero-order valence-electron chi connectivity index (χ0n) is 11.1. The Bertz CT molecular complexity index is 550. The van der Waals surface area contributed by atoms with E-state index in [9.17, 15) is 9.90 Å². The van der Waals surface area contributed by atoms with Crippen LogP contribution in [0.25, 0.3) is 10.1 Å². The van der Waals surface area contributed by atoms with Crippen molar-refractivity contribution >= 4 is 27.4 Å². The number of benzene rings is 1. The maximum Gasteiger partial charge on any atom is 0.320 e. The second-order valence-electron chi connectivity index (χ2n) is 4.67. The van der Waals surface area contributed by atoms with Crippen molar-refractivity contribution in [2.75, 3.05) is 0 Å². The summed E-state index contributed by atoms with van der Waals surface area (Å²) in [7, 11) is 0. The van der Waals surface area contributed by atoms with Crippen LogP contribution in [0.15, 0.2) is 29.6 Å². The molecule has 0 amide bonds. The van der Waals surface area contributed by atoms with Gasteiger partial charge < -0.3 is 10.4 Å². The Morgan fingerprint density at radius 3 is 2.95 bits per heavy atom. The largest absolute Gasteiger partial charge is 0.480 e. The van der Waals surface area contributed by atoms with Crippen LogP contribution in [0.3, 0.4) is 0 Å². The molecular weight excluding hydrogens is 258 g/mol. The first-order valence-corrected chi connectivity index (χ1v) is 7.51. The third kappa shape index (κ3) is 3.55. The second kappa shape index (κ2) is 6.68. The van der Waals surface area contributed by atoms with Crippen LogP contribution < -0.4 is 5.32 Å². The number of rotatable bonds is 7. The molecule has 2 N–H and O–H groups in total. The average Bonchev–Trinajstić information content (AvgIpc) is 2.82. The summed E-state index contributed by atoms with van der Waals surface area (Å²) in [6, 6.07) is 7.78. The lowest BCUT2D eigenvalue weighted by molar-refractivity contribution is -0.139. The van der Waals surface area contributed by atoms with Gasteiger partial charge in [-0.3, -0.25) is 4.79 Å². The van der Waals surface area contributed by atoms with Crippen LogP contribution in [0.4, 0.5) is 0 Å². The molecule has 0 spiro atoms. The molecule has 2 aromatic rings. The van der Waals surface area contributed by atoms with E-state index >= 15 is 0 Å². The monoisotopic (exact) mass is 277 g/mol. The minimum Gasteiger partial charge on any atom is -0.480 e. The molecule has 19 heavy (non-hydrogen) atoms. The van der Waals surface area contributed by atoms with E-state index in [0.717, 1.165) is 12.8 Å². The summed E-state index contributed by atoms with van der Waals surface area (Å²) < 4.78 is 1.25. The summed E-state index contributed by atoms with van der Waals surface area (Å²) >= 11 is 1.70. The number of aliphatic carboxylic acids is 1. The standard InChI is InChI=1S/C15H19NO2S/c1-2-3-7-13(15(17)18)16-9-11-10-19-14-8-5-4-6-12(11)14/h4-6,8,10,13,16H,2-3,7,9H2,1H3,(H,17,18)/t13-/m0/s1. The molecule has 0 aliphatic carbocycles. The third-order valence-corrected chi connectivity index (χ3v) is 4.26. The first-order chi connectivity index (χ1) is 9.22. The molecule has 1 heterocycles. The highest BCUT2D eigenvalue weighted by Crippen LogP contribution is 2.25. The molecule has 1 atom stereocenters. The lowest BCUT2D eigenvalue weighted by Crippen LogP contribution is -2.36. The first-order valence-electron chi connectivity index (χ1n) is 6.63. The SMILES string of the molecule is CCCC[C@H](NCc1csc2ccccc12)C(=O)O.